The molecule has 3 aromatic rings. The molecule has 0 unspecified atom stereocenters. The number of phenolic OH excluding ortho intramolecular Hbond substituents is 1. The first-order valence-corrected chi connectivity index (χ1v) is 7.51. The Morgan fingerprint density at radius 1 is 1.00 bits per heavy atom. The summed E-state index contributed by atoms with van der Waals surface area (Å²) in [6.45, 7) is 1.11. The van der Waals surface area contributed by atoms with Crippen molar-refractivity contribution < 1.29 is 5.11 Å². The Morgan fingerprint density at radius 3 is 2.59 bits per heavy atom. The van der Waals surface area contributed by atoms with Crippen molar-refractivity contribution in [1.29, 1.82) is 0 Å². The summed E-state index contributed by atoms with van der Waals surface area (Å²) in [6, 6.07) is 17.7. The topological polar surface area (TPSA) is 45.1 Å². The van der Waals surface area contributed by atoms with Gasteiger partial charge in [0.15, 0.2) is 0 Å². The zero-order chi connectivity index (χ0) is 15.6. The van der Waals surface area contributed by atoms with Crippen LogP contribution in [-0.2, 0) is 6.42 Å². The van der Waals surface area contributed by atoms with Crippen LogP contribution in [0.25, 0.3) is 10.8 Å². The number of nitrogens with one attached hydrogen (secondary N) is 1. The summed E-state index contributed by atoms with van der Waals surface area (Å²) in [5.41, 5.74) is 1.43. The van der Waals surface area contributed by atoms with Crippen molar-refractivity contribution in [3.05, 3.63) is 72.6 Å². The van der Waals surface area contributed by atoms with Crippen molar-refractivity contribution >= 4 is 10.8 Å². The maximum absolute atomic E-state index is 9.11. The van der Waals surface area contributed by atoms with Crippen LogP contribution in [-0.4, -0.2) is 23.7 Å². The largest absolute Gasteiger partial charge is 0.508 e. The molecule has 0 radical (unpaired) electrons. The molecule has 1 aromatic heterocycles. The van der Waals surface area contributed by atoms with E-state index in [4.69, 9.17) is 5.11 Å². The first-order valence-electron chi connectivity index (χ1n) is 7.51. The number of phenols is 1. The van der Waals surface area contributed by atoms with Crippen LogP contribution in [0.1, 0.15) is 12.0 Å². The van der Waals surface area contributed by atoms with Gasteiger partial charge in [-0.05, 0) is 61.6 Å². The molecule has 2 N–H and O–H groups in total. The van der Waals surface area contributed by atoms with Crippen LogP contribution in [0.2, 0.25) is 0 Å². The lowest BCUT2D eigenvalue weighted by atomic mass is 10.1. The number of rotatable bonds is 4. The van der Waals surface area contributed by atoms with E-state index in [2.05, 4.69) is 40.6 Å². The highest BCUT2D eigenvalue weighted by Gasteiger charge is 1.92. The Bertz CT molecular complexity index is 683. The number of hydrogen-bond donors (Lipinski definition) is 2. The Balaban J connectivity index is 0.000000160. The van der Waals surface area contributed by atoms with Crippen molar-refractivity contribution in [3.8, 4) is 5.75 Å². The molecule has 22 heavy (non-hydrogen) atoms. The van der Waals surface area contributed by atoms with Crippen LogP contribution >= 0.6 is 0 Å². The van der Waals surface area contributed by atoms with Gasteiger partial charge >= 0.3 is 0 Å². The number of hydrogen-bond acceptors (Lipinski definition) is 3. The Morgan fingerprint density at radius 2 is 1.82 bits per heavy atom. The van der Waals surface area contributed by atoms with Crippen LogP contribution in [0, 0.1) is 0 Å². The van der Waals surface area contributed by atoms with E-state index >= 15 is 0 Å². The zero-order valence-electron chi connectivity index (χ0n) is 12.9. The summed E-state index contributed by atoms with van der Waals surface area (Å²) >= 11 is 0. The van der Waals surface area contributed by atoms with E-state index in [0.29, 0.717) is 5.75 Å². The number of benzene rings is 2. The van der Waals surface area contributed by atoms with Crippen molar-refractivity contribution in [2.75, 3.05) is 13.6 Å². The molecule has 0 aliphatic heterocycles. The monoisotopic (exact) mass is 294 g/mol. The molecule has 3 nitrogen and oxygen atoms in total. The minimum absolute atomic E-state index is 0.295. The minimum atomic E-state index is 0.295. The van der Waals surface area contributed by atoms with Gasteiger partial charge < -0.3 is 10.4 Å². The second-order valence-electron chi connectivity index (χ2n) is 5.10. The maximum Gasteiger partial charge on any atom is 0.116 e. The van der Waals surface area contributed by atoms with E-state index in [9.17, 15) is 0 Å². The molecule has 0 aliphatic carbocycles. The predicted molar refractivity (Wildman–Crippen MR) is 92.1 cm³/mol. The average molecular weight is 294 g/mol. The Labute approximate surface area is 131 Å². The lowest BCUT2D eigenvalue weighted by molar-refractivity contribution is 0.476. The summed E-state index contributed by atoms with van der Waals surface area (Å²) in [5.74, 6) is 0.295. The molecule has 2 aromatic carbocycles. The average Bonchev–Trinajstić information content (AvgIpc) is 2.57. The van der Waals surface area contributed by atoms with E-state index in [0.717, 1.165) is 17.3 Å². The molecule has 1 heterocycles. The highest BCUT2D eigenvalue weighted by molar-refractivity contribution is 5.82. The van der Waals surface area contributed by atoms with Gasteiger partial charge in [-0.25, -0.2) is 0 Å². The van der Waals surface area contributed by atoms with Gasteiger partial charge in [0.05, 0.1) is 0 Å². The summed E-state index contributed by atoms with van der Waals surface area (Å²) in [6.07, 6.45) is 5.89. The SMILES string of the molecule is CNCCCc1ccccc1.Oc1ccc2cnccc2c1. The molecule has 3 rings (SSSR count). The lowest BCUT2D eigenvalue weighted by Gasteiger charge is -1.99. The third kappa shape index (κ3) is 5.19. The summed E-state index contributed by atoms with van der Waals surface area (Å²) in [4.78, 5) is 3.96. The zero-order valence-corrected chi connectivity index (χ0v) is 12.9. The van der Waals surface area contributed by atoms with Crippen molar-refractivity contribution in [1.82, 2.24) is 10.3 Å². The molecule has 0 spiro atoms. The molecule has 3 heteroatoms. The predicted octanol–water partition coefficient (Wildman–Crippen LogP) is 3.78. The fourth-order valence-corrected chi connectivity index (χ4v) is 2.18. The number of nitrogens with zero attached hydrogens (tertiary/aromatic N) is 1. The van der Waals surface area contributed by atoms with Gasteiger partial charge in [-0.15, -0.1) is 0 Å². The third-order valence-electron chi connectivity index (χ3n) is 3.36. The normalized spacial score (nSPS) is 10.0. The van der Waals surface area contributed by atoms with E-state index in [1.807, 2.05) is 19.2 Å². The number of aryl methyl sites for hydroxylation is 1. The van der Waals surface area contributed by atoms with Gasteiger partial charge in [0, 0.05) is 17.8 Å². The Hall–Kier alpha value is -2.39. The minimum Gasteiger partial charge on any atom is -0.508 e. The van der Waals surface area contributed by atoms with Crippen molar-refractivity contribution in [3.63, 3.8) is 0 Å². The van der Waals surface area contributed by atoms with Crippen LogP contribution < -0.4 is 5.32 Å². The summed E-state index contributed by atoms with van der Waals surface area (Å²) < 4.78 is 0. The van der Waals surface area contributed by atoms with Gasteiger partial charge in [0.25, 0.3) is 0 Å². The highest BCUT2D eigenvalue weighted by atomic mass is 16.3. The number of aromatic nitrogens is 1. The molecule has 114 valence electrons. The molecule has 0 aliphatic rings. The van der Waals surface area contributed by atoms with Gasteiger partial charge in [0.2, 0.25) is 0 Å². The molecule has 0 saturated heterocycles. The molecule has 0 amide bonds. The fourth-order valence-electron chi connectivity index (χ4n) is 2.18. The Kier molecular flexibility index (Phi) is 6.39. The van der Waals surface area contributed by atoms with Gasteiger partial charge in [-0.3, -0.25) is 4.98 Å². The van der Waals surface area contributed by atoms with Crippen molar-refractivity contribution in [2.45, 2.75) is 12.8 Å². The van der Waals surface area contributed by atoms with Crippen LogP contribution in [0.3, 0.4) is 0 Å². The van der Waals surface area contributed by atoms with E-state index in [1.54, 1.807) is 24.5 Å². The van der Waals surface area contributed by atoms with Crippen LogP contribution in [0.5, 0.6) is 5.75 Å². The maximum atomic E-state index is 9.11. The summed E-state index contributed by atoms with van der Waals surface area (Å²) in [5, 5.41) is 14.3. The molecular weight excluding hydrogens is 272 g/mol. The van der Waals surface area contributed by atoms with E-state index in [1.165, 1.54) is 18.4 Å². The lowest BCUT2D eigenvalue weighted by Crippen LogP contribution is -2.08. The summed E-state index contributed by atoms with van der Waals surface area (Å²) in [7, 11) is 1.99. The molecule has 0 bridgehead atoms. The van der Waals surface area contributed by atoms with Gasteiger partial charge in [-0.2, -0.15) is 0 Å². The highest BCUT2D eigenvalue weighted by Crippen LogP contribution is 2.17. The first-order chi connectivity index (χ1) is 10.8. The van der Waals surface area contributed by atoms with Crippen LogP contribution in [0.15, 0.2) is 67.0 Å². The smallest absolute Gasteiger partial charge is 0.116 e. The quantitative estimate of drug-likeness (QED) is 0.720. The van der Waals surface area contributed by atoms with Crippen LogP contribution in [0.4, 0.5) is 0 Å². The fraction of sp³-hybridized carbons (Fsp3) is 0.211. The van der Waals surface area contributed by atoms with Gasteiger partial charge in [0.1, 0.15) is 5.75 Å². The number of fused-ring (bicyclic) bond motifs is 1. The third-order valence-corrected chi connectivity index (χ3v) is 3.36. The molecule has 0 fully saturated rings. The number of aromatic hydroxyl groups is 1. The second-order valence-corrected chi connectivity index (χ2v) is 5.10. The molecule has 0 saturated carbocycles. The standard InChI is InChI=1S/C10H15N.C9H7NO/c1-11-9-5-8-10-6-3-2-4-7-10;11-9-2-1-8-6-10-4-3-7(8)5-9/h2-4,6-7,11H,5,8-9H2,1H3;1-6,11H. The first kappa shape index (κ1) is 16.0. The molecule has 0 atom stereocenters. The van der Waals surface area contributed by atoms with E-state index < -0.39 is 0 Å². The van der Waals surface area contributed by atoms with Gasteiger partial charge in [-0.1, -0.05) is 30.3 Å². The van der Waals surface area contributed by atoms with E-state index in [-0.39, 0.29) is 0 Å². The molecular formula is C19H22N2O. The van der Waals surface area contributed by atoms with Crippen molar-refractivity contribution in [2.24, 2.45) is 0 Å². The number of pyridine rings is 1. The second kappa shape index (κ2) is 8.80.